The van der Waals surface area contributed by atoms with Crippen LogP contribution in [0, 0.1) is 5.82 Å². The molecule has 1 aliphatic heterocycles. The van der Waals surface area contributed by atoms with Crippen molar-refractivity contribution in [3.05, 3.63) is 47.0 Å². The van der Waals surface area contributed by atoms with Crippen molar-refractivity contribution in [3.63, 3.8) is 0 Å². The number of carbonyl (C=O) groups is 1. The maximum Gasteiger partial charge on any atom is 0.252 e. The lowest BCUT2D eigenvalue weighted by atomic mass is 10.2. The molecule has 2 N–H and O–H groups in total. The number of piperazine rings is 1. The third kappa shape index (κ3) is 3.19. The number of hydrogen-bond acceptors (Lipinski definition) is 5. The molecule has 0 aromatic carbocycles. The molecule has 2 aromatic heterocycles. The summed E-state index contributed by atoms with van der Waals surface area (Å²) in [7, 11) is 0. The number of anilines is 2. The molecule has 120 valence electrons. The van der Waals surface area contributed by atoms with E-state index in [1.165, 1.54) is 12.3 Å². The molecule has 0 bridgehead atoms. The van der Waals surface area contributed by atoms with Gasteiger partial charge in [0.05, 0.1) is 10.6 Å². The highest BCUT2D eigenvalue weighted by Crippen LogP contribution is 2.23. The molecular formula is C15H15ClFN5O. The van der Waals surface area contributed by atoms with Gasteiger partial charge in [0, 0.05) is 38.6 Å². The number of rotatable bonds is 3. The second-order valence-corrected chi connectivity index (χ2v) is 5.61. The molecule has 0 saturated carbocycles. The van der Waals surface area contributed by atoms with Gasteiger partial charge < -0.3 is 15.5 Å². The van der Waals surface area contributed by atoms with E-state index in [1.807, 2.05) is 9.80 Å². The van der Waals surface area contributed by atoms with Gasteiger partial charge in [0.25, 0.3) is 5.91 Å². The van der Waals surface area contributed by atoms with Crippen LogP contribution >= 0.6 is 11.6 Å². The lowest BCUT2D eigenvalue weighted by Gasteiger charge is -2.36. The number of carbonyl (C=O) groups excluding carboxylic acids is 1. The Bertz CT molecular complexity index is 734. The third-order valence-electron chi connectivity index (χ3n) is 3.72. The first kappa shape index (κ1) is 15.5. The Balaban J connectivity index is 1.75. The average Bonchev–Trinajstić information content (AvgIpc) is 2.55. The fourth-order valence-corrected chi connectivity index (χ4v) is 2.76. The predicted octanol–water partition coefficient (Wildman–Crippen LogP) is 1.69. The SMILES string of the molecule is NC(=O)c1cccnc1N1CCN(c2ncc(Cl)cc2F)CC1. The minimum Gasteiger partial charge on any atom is -0.365 e. The Morgan fingerprint density at radius 1 is 1.17 bits per heavy atom. The average molecular weight is 336 g/mol. The molecule has 2 aromatic rings. The lowest BCUT2D eigenvalue weighted by molar-refractivity contribution is 0.100. The number of aromatic nitrogens is 2. The summed E-state index contributed by atoms with van der Waals surface area (Å²) < 4.78 is 13.9. The van der Waals surface area contributed by atoms with E-state index in [4.69, 9.17) is 17.3 Å². The van der Waals surface area contributed by atoms with Crippen molar-refractivity contribution in [2.24, 2.45) is 5.73 Å². The number of nitrogens with two attached hydrogens (primary N) is 1. The Kier molecular flexibility index (Phi) is 4.29. The summed E-state index contributed by atoms with van der Waals surface area (Å²) in [5.74, 6) is -0.114. The van der Waals surface area contributed by atoms with E-state index in [1.54, 1.807) is 18.3 Å². The normalized spacial score (nSPS) is 14.9. The Labute approximate surface area is 137 Å². The zero-order valence-corrected chi connectivity index (χ0v) is 13.0. The van der Waals surface area contributed by atoms with Crippen molar-refractivity contribution in [1.82, 2.24) is 9.97 Å². The van der Waals surface area contributed by atoms with E-state index in [0.29, 0.717) is 37.6 Å². The molecule has 0 aliphatic carbocycles. The number of pyridine rings is 2. The maximum atomic E-state index is 13.9. The zero-order chi connectivity index (χ0) is 16.4. The highest BCUT2D eigenvalue weighted by molar-refractivity contribution is 6.30. The Hall–Kier alpha value is -2.41. The molecule has 1 amide bonds. The first-order valence-corrected chi connectivity index (χ1v) is 7.50. The van der Waals surface area contributed by atoms with Gasteiger partial charge in [0.15, 0.2) is 11.6 Å². The minimum absolute atomic E-state index is 0.268. The fraction of sp³-hybridized carbons (Fsp3) is 0.267. The molecule has 3 heterocycles. The largest absolute Gasteiger partial charge is 0.365 e. The van der Waals surface area contributed by atoms with Crippen molar-refractivity contribution in [3.8, 4) is 0 Å². The van der Waals surface area contributed by atoms with Gasteiger partial charge in [-0.2, -0.15) is 0 Å². The van der Waals surface area contributed by atoms with E-state index in [9.17, 15) is 9.18 Å². The van der Waals surface area contributed by atoms with Gasteiger partial charge >= 0.3 is 0 Å². The second kappa shape index (κ2) is 6.37. The molecule has 3 rings (SSSR count). The summed E-state index contributed by atoms with van der Waals surface area (Å²) in [4.78, 5) is 23.6. The van der Waals surface area contributed by atoms with Gasteiger partial charge in [-0.15, -0.1) is 0 Å². The molecule has 1 aliphatic rings. The zero-order valence-electron chi connectivity index (χ0n) is 12.2. The van der Waals surface area contributed by atoms with Crippen LogP contribution in [0.4, 0.5) is 16.0 Å². The quantitative estimate of drug-likeness (QED) is 0.924. The third-order valence-corrected chi connectivity index (χ3v) is 3.93. The second-order valence-electron chi connectivity index (χ2n) is 5.17. The fourth-order valence-electron chi connectivity index (χ4n) is 2.61. The van der Waals surface area contributed by atoms with Crippen molar-refractivity contribution in [2.75, 3.05) is 36.0 Å². The van der Waals surface area contributed by atoms with Crippen LogP contribution in [0.3, 0.4) is 0 Å². The Morgan fingerprint density at radius 3 is 2.43 bits per heavy atom. The van der Waals surface area contributed by atoms with Crippen LogP contribution in [0.25, 0.3) is 0 Å². The summed E-state index contributed by atoms with van der Waals surface area (Å²) in [5, 5.41) is 0.268. The molecule has 0 unspecified atom stereocenters. The van der Waals surface area contributed by atoms with Gasteiger partial charge in [0.2, 0.25) is 0 Å². The number of amides is 1. The summed E-state index contributed by atoms with van der Waals surface area (Å²) in [6.45, 7) is 2.28. The van der Waals surface area contributed by atoms with Crippen LogP contribution in [0.15, 0.2) is 30.6 Å². The number of halogens is 2. The van der Waals surface area contributed by atoms with E-state index in [0.717, 1.165) is 0 Å². The molecule has 23 heavy (non-hydrogen) atoms. The molecule has 6 nitrogen and oxygen atoms in total. The standard InChI is InChI=1S/C15H15ClFN5O/c16-10-8-12(17)15(20-9-10)22-6-4-21(5-7-22)14-11(13(18)23)2-1-3-19-14/h1-3,8-9H,4-7H2,(H2,18,23). The van der Waals surface area contributed by atoms with Crippen LogP contribution in [-0.2, 0) is 0 Å². The highest BCUT2D eigenvalue weighted by atomic mass is 35.5. The molecule has 0 spiro atoms. The van der Waals surface area contributed by atoms with Gasteiger partial charge in [-0.3, -0.25) is 4.79 Å². The molecule has 1 fully saturated rings. The monoisotopic (exact) mass is 335 g/mol. The van der Waals surface area contributed by atoms with E-state index >= 15 is 0 Å². The predicted molar refractivity (Wildman–Crippen MR) is 86.4 cm³/mol. The highest BCUT2D eigenvalue weighted by Gasteiger charge is 2.23. The Morgan fingerprint density at radius 2 is 1.83 bits per heavy atom. The van der Waals surface area contributed by atoms with Crippen molar-refractivity contribution < 1.29 is 9.18 Å². The van der Waals surface area contributed by atoms with E-state index in [-0.39, 0.29) is 10.8 Å². The van der Waals surface area contributed by atoms with Crippen LogP contribution in [0.5, 0.6) is 0 Å². The van der Waals surface area contributed by atoms with E-state index < -0.39 is 11.7 Å². The molecule has 8 heteroatoms. The number of hydrogen-bond donors (Lipinski definition) is 1. The van der Waals surface area contributed by atoms with E-state index in [2.05, 4.69) is 9.97 Å². The molecule has 0 radical (unpaired) electrons. The van der Waals surface area contributed by atoms with Gasteiger partial charge in [-0.05, 0) is 18.2 Å². The summed E-state index contributed by atoms with van der Waals surface area (Å²) in [6, 6.07) is 4.57. The van der Waals surface area contributed by atoms with Gasteiger partial charge in [-0.1, -0.05) is 11.6 Å². The van der Waals surface area contributed by atoms with Crippen molar-refractivity contribution >= 4 is 29.1 Å². The van der Waals surface area contributed by atoms with Crippen LogP contribution in [0.1, 0.15) is 10.4 Å². The van der Waals surface area contributed by atoms with Crippen LogP contribution in [-0.4, -0.2) is 42.1 Å². The van der Waals surface area contributed by atoms with Crippen molar-refractivity contribution in [1.29, 1.82) is 0 Å². The van der Waals surface area contributed by atoms with Gasteiger partial charge in [0.1, 0.15) is 5.82 Å². The minimum atomic E-state index is -0.513. The smallest absolute Gasteiger partial charge is 0.252 e. The maximum absolute atomic E-state index is 13.9. The lowest BCUT2D eigenvalue weighted by Crippen LogP contribution is -2.48. The molecular weight excluding hydrogens is 321 g/mol. The van der Waals surface area contributed by atoms with Crippen LogP contribution in [0.2, 0.25) is 5.02 Å². The number of primary amides is 1. The van der Waals surface area contributed by atoms with Crippen LogP contribution < -0.4 is 15.5 Å². The first-order valence-electron chi connectivity index (χ1n) is 7.12. The van der Waals surface area contributed by atoms with Crippen molar-refractivity contribution in [2.45, 2.75) is 0 Å². The summed E-state index contributed by atoms with van der Waals surface area (Å²) in [6.07, 6.45) is 3.05. The van der Waals surface area contributed by atoms with Gasteiger partial charge in [-0.25, -0.2) is 14.4 Å². The number of nitrogens with zero attached hydrogens (tertiary/aromatic N) is 4. The topological polar surface area (TPSA) is 75.4 Å². The summed E-state index contributed by atoms with van der Waals surface area (Å²) in [5.41, 5.74) is 5.77. The molecule has 1 saturated heterocycles. The molecule has 0 atom stereocenters. The first-order chi connectivity index (χ1) is 11.1. The summed E-state index contributed by atoms with van der Waals surface area (Å²) >= 11 is 5.72.